The Morgan fingerprint density at radius 2 is 1.05 bits per heavy atom. The molecule has 22 N–H and O–H groups in total. The van der Waals surface area contributed by atoms with Crippen LogP contribution in [-0.2, 0) is 86.4 Å². The van der Waals surface area contributed by atoms with Crippen LogP contribution in [0.1, 0.15) is 103 Å². The van der Waals surface area contributed by atoms with Gasteiger partial charge in [0.05, 0.1) is 44.6 Å². The molecule has 1 saturated heterocycles. The summed E-state index contributed by atoms with van der Waals surface area (Å²) >= 11 is 0. The minimum Gasteiger partial charge on any atom is -0.508 e. The first-order chi connectivity index (χ1) is 45.3. The van der Waals surface area contributed by atoms with Crippen LogP contribution in [0.25, 0.3) is 0 Å². The number of nitrogens with one attached hydrogen (secondary N) is 12. The number of aliphatic carboxylic acids is 3. The number of carboxylic acids is 3. The zero-order chi connectivity index (χ0) is 71.3. The number of aromatic nitrogens is 4. The number of benzene rings is 1. The van der Waals surface area contributed by atoms with Crippen LogP contribution in [0.4, 0.5) is 0 Å². The summed E-state index contributed by atoms with van der Waals surface area (Å²) in [5, 5.41) is 62.7. The van der Waals surface area contributed by atoms with Gasteiger partial charge in [-0.05, 0) is 81.4 Å². The smallest absolute Gasteiger partial charge is 0.325 e. The second-order valence-electron chi connectivity index (χ2n) is 23.7. The molecular formula is C59H87N19O18. The van der Waals surface area contributed by atoms with E-state index in [1.54, 1.807) is 27.7 Å². The lowest BCUT2D eigenvalue weighted by Crippen LogP contribution is -2.60. The second kappa shape index (κ2) is 38.4. The molecule has 1 aliphatic heterocycles. The molecule has 526 valence electrons. The molecular weight excluding hydrogens is 1260 g/mol. The number of aromatic hydroxyl groups is 1. The number of carbonyl (C=O) groups excluding carboxylic acids is 11. The molecule has 11 amide bonds. The van der Waals surface area contributed by atoms with E-state index in [9.17, 15) is 87.5 Å². The molecule has 37 heteroatoms. The Morgan fingerprint density at radius 3 is 1.56 bits per heavy atom. The van der Waals surface area contributed by atoms with E-state index in [0.29, 0.717) is 11.3 Å². The van der Waals surface area contributed by atoms with Gasteiger partial charge in [0.25, 0.3) is 0 Å². The summed E-state index contributed by atoms with van der Waals surface area (Å²) in [6, 6.07) is -8.83. The SMILES string of the molecule is CC(C)C[C@H](NC(=O)[C@H](Cc1cnc[nH]1)NC(=O)CNC(=O)[C@H](CCCN=C(N)N)NC(=O)CNC(=O)[C@H](CC(=O)O)NC(=O)[C@@H](N)Cc1ccc(O)cc1)C(=O)N[C@@H](Cc1cnc[nH]1)C(=O)N[C@@H](CC(=O)O)C(=O)N1CCC[C@H]1C(=O)N[C@@H](CC(C)C)C(=O)N[C@@H](C)C(=O)O. The van der Waals surface area contributed by atoms with Gasteiger partial charge in [0.15, 0.2) is 5.96 Å². The zero-order valence-electron chi connectivity index (χ0n) is 53.7. The van der Waals surface area contributed by atoms with Gasteiger partial charge in [-0.1, -0.05) is 39.8 Å². The van der Waals surface area contributed by atoms with E-state index in [-0.39, 0.29) is 100 Å². The Hall–Kier alpha value is -10.7. The van der Waals surface area contributed by atoms with E-state index in [0.717, 1.165) is 4.90 Å². The van der Waals surface area contributed by atoms with Crippen LogP contribution in [0.5, 0.6) is 5.75 Å². The molecule has 0 bridgehead atoms. The fourth-order valence-corrected chi connectivity index (χ4v) is 9.88. The monoisotopic (exact) mass is 1350 g/mol. The van der Waals surface area contributed by atoms with Crippen molar-refractivity contribution in [1.82, 2.24) is 78.0 Å². The number of guanidine groups is 1. The van der Waals surface area contributed by atoms with Crippen molar-refractivity contribution < 1.29 is 87.5 Å². The Morgan fingerprint density at radius 1 is 0.583 bits per heavy atom. The number of phenolic OH excluding ortho intramolecular Hbond substituents is 1. The van der Waals surface area contributed by atoms with Crippen molar-refractivity contribution >= 4 is 88.8 Å². The van der Waals surface area contributed by atoms with E-state index < -0.39 is 169 Å². The molecule has 0 aliphatic carbocycles. The molecule has 2 aromatic heterocycles. The standard InChI is InChI=1S/C59H87N19O18/c1-29(2)16-38(52(89)70-31(5)58(95)96)76-56(93)44-9-7-15-78(44)57(94)43(22-48(84)85)77-55(92)41(20-34-24-64-28-69-34)75-53(90)39(17-30(3)4)74-54(91)40(19-33-23-63-27-68-33)72-46(81)26-66-50(87)37(8-6-14-65-59(61)62)71-45(80)25-67-51(88)42(21-47(82)83)73-49(86)36(60)18-32-10-12-35(79)13-11-32/h10-13,23-24,27-31,36-44,79H,6-9,14-22,25-26,60H2,1-5H3,(H,63,68)(H,64,69)(H,66,87)(H,67,88)(H,70,89)(H,71,80)(H,72,81)(H,73,86)(H,74,91)(H,75,90)(H,76,93)(H,77,92)(H,82,83)(H,84,85)(H,95,96)(H4,61,62,65)/t31-,36-,37-,38-,39-,40-,41-,42-,43-,44-/m0/s1. The van der Waals surface area contributed by atoms with Crippen molar-refractivity contribution in [3.05, 3.63) is 66.3 Å². The van der Waals surface area contributed by atoms with Crippen molar-refractivity contribution in [1.29, 1.82) is 0 Å². The van der Waals surface area contributed by atoms with Crippen molar-refractivity contribution in [3.8, 4) is 5.75 Å². The number of aromatic amines is 2. The quantitative estimate of drug-likeness (QED) is 0.0143. The van der Waals surface area contributed by atoms with E-state index in [4.69, 9.17) is 17.2 Å². The Labute approximate surface area is 550 Å². The van der Waals surface area contributed by atoms with Crippen LogP contribution in [0.15, 0.2) is 54.3 Å². The average Bonchev–Trinajstić information content (AvgIpc) is 1.53. The second-order valence-corrected chi connectivity index (χ2v) is 23.7. The fraction of sp³-hybridized carbons (Fsp3) is 0.542. The average molecular weight is 1350 g/mol. The fourth-order valence-electron chi connectivity index (χ4n) is 9.88. The van der Waals surface area contributed by atoms with Crippen LogP contribution in [-0.4, -0.2) is 221 Å². The number of aliphatic imine (C=N–C) groups is 1. The van der Waals surface area contributed by atoms with Crippen molar-refractivity contribution in [2.24, 2.45) is 34.0 Å². The van der Waals surface area contributed by atoms with Crippen molar-refractivity contribution in [2.45, 2.75) is 166 Å². The van der Waals surface area contributed by atoms with E-state index in [1.165, 1.54) is 56.2 Å². The molecule has 1 aromatic carbocycles. The lowest BCUT2D eigenvalue weighted by molar-refractivity contribution is -0.146. The van der Waals surface area contributed by atoms with Gasteiger partial charge in [-0.3, -0.25) is 72.1 Å². The number of H-pyrrole nitrogens is 2. The first-order valence-corrected chi connectivity index (χ1v) is 30.8. The number of hydrogen-bond acceptors (Lipinski definition) is 19. The first-order valence-electron chi connectivity index (χ1n) is 30.8. The topological polar surface area (TPSA) is 591 Å². The highest BCUT2D eigenvalue weighted by Gasteiger charge is 2.41. The van der Waals surface area contributed by atoms with Gasteiger partial charge >= 0.3 is 17.9 Å². The van der Waals surface area contributed by atoms with Gasteiger partial charge in [0.2, 0.25) is 65.0 Å². The number of carbonyl (C=O) groups is 14. The molecule has 0 saturated carbocycles. The van der Waals surface area contributed by atoms with Gasteiger partial charge in [0.1, 0.15) is 60.1 Å². The summed E-state index contributed by atoms with van der Waals surface area (Å²) in [4.78, 5) is 205. The van der Waals surface area contributed by atoms with Crippen LogP contribution in [0.2, 0.25) is 0 Å². The summed E-state index contributed by atoms with van der Waals surface area (Å²) in [5.74, 6) is -15.6. The maximum atomic E-state index is 14.5. The number of hydrogen-bond donors (Lipinski definition) is 19. The molecule has 3 aromatic rings. The largest absolute Gasteiger partial charge is 0.508 e. The van der Waals surface area contributed by atoms with E-state index in [2.05, 4.69) is 78.1 Å². The van der Waals surface area contributed by atoms with Gasteiger partial charge in [0, 0.05) is 49.7 Å². The Bertz CT molecular complexity index is 3210. The minimum atomic E-state index is -1.83. The number of rotatable bonds is 40. The van der Waals surface area contributed by atoms with E-state index in [1.807, 2.05) is 0 Å². The number of amides is 11. The van der Waals surface area contributed by atoms with E-state index >= 15 is 0 Å². The Balaban J connectivity index is 1.49. The summed E-state index contributed by atoms with van der Waals surface area (Å²) < 4.78 is 0. The highest BCUT2D eigenvalue weighted by molar-refractivity contribution is 6.00. The van der Waals surface area contributed by atoms with Crippen molar-refractivity contribution in [2.75, 3.05) is 26.2 Å². The lowest BCUT2D eigenvalue weighted by atomic mass is 10.0. The number of nitrogens with two attached hydrogens (primary N) is 3. The molecule has 3 heterocycles. The predicted molar refractivity (Wildman–Crippen MR) is 337 cm³/mol. The van der Waals surface area contributed by atoms with Gasteiger partial charge < -0.3 is 106 Å². The molecule has 10 atom stereocenters. The number of imidazole rings is 2. The highest BCUT2D eigenvalue weighted by Crippen LogP contribution is 2.21. The summed E-state index contributed by atoms with van der Waals surface area (Å²) in [7, 11) is 0. The highest BCUT2D eigenvalue weighted by atomic mass is 16.4. The third kappa shape index (κ3) is 27.1. The Kier molecular flexibility index (Phi) is 31.1. The third-order valence-corrected chi connectivity index (χ3v) is 14.7. The summed E-state index contributed by atoms with van der Waals surface area (Å²) in [5.41, 5.74) is 18.0. The summed E-state index contributed by atoms with van der Waals surface area (Å²) in [6.45, 7) is 6.45. The van der Waals surface area contributed by atoms with Gasteiger partial charge in [-0.25, -0.2) is 9.97 Å². The molecule has 4 rings (SSSR count). The number of phenols is 1. The lowest BCUT2D eigenvalue weighted by Gasteiger charge is -2.31. The molecule has 1 aliphatic rings. The third-order valence-electron chi connectivity index (χ3n) is 14.7. The number of likely N-dealkylation sites (tertiary alicyclic amines) is 1. The normalized spacial score (nSPS) is 15.5. The van der Waals surface area contributed by atoms with Crippen LogP contribution in [0, 0.1) is 11.8 Å². The zero-order valence-corrected chi connectivity index (χ0v) is 53.7. The predicted octanol–water partition coefficient (Wildman–Crippen LogP) is -5.50. The maximum absolute atomic E-state index is 14.5. The van der Waals surface area contributed by atoms with Crippen molar-refractivity contribution in [3.63, 3.8) is 0 Å². The first kappa shape index (κ1) is 77.7. The number of carboxylic acid groups (broad SMARTS) is 3. The molecule has 37 nitrogen and oxygen atoms in total. The number of nitrogens with zero attached hydrogens (tertiary/aromatic N) is 4. The van der Waals surface area contributed by atoms with Crippen LogP contribution >= 0.6 is 0 Å². The van der Waals surface area contributed by atoms with Gasteiger partial charge in [-0.15, -0.1) is 0 Å². The molecule has 0 spiro atoms. The molecule has 1 fully saturated rings. The maximum Gasteiger partial charge on any atom is 0.325 e. The molecule has 96 heavy (non-hydrogen) atoms. The van der Waals surface area contributed by atoms with Crippen LogP contribution in [0.3, 0.4) is 0 Å². The minimum absolute atomic E-state index is 0.0229. The molecule has 0 unspecified atom stereocenters. The van der Waals surface area contributed by atoms with Gasteiger partial charge in [-0.2, -0.15) is 0 Å². The molecule has 0 radical (unpaired) electrons. The van der Waals surface area contributed by atoms with Crippen LogP contribution < -0.4 is 70.4 Å². The summed E-state index contributed by atoms with van der Waals surface area (Å²) in [6.07, 6.45) is 2.94.